The Kier molecular flexibility index (Phi) is 5.51. The summed E-state index contributed by atoms with van der Waals surface area (Å²) in [7, 11) is 1.56. The predicted octanol–water partition coefficient (Wildman–Crippen LogP) is 2.30. The minimum absolute atomic E-state index is 0.0105. The SMILES string of the molecule is COCCOc1ccc(C#N)cc1NC(=O)N1C[C@@H]2CCC[C@@]2(C(=O)O)C1. The van der Waals surface area contributed by atoms with Crippen molar-refractivity contribution in [3.05, 3.63) is 23.8 Å². The Morgan fingerprint density at radius 3 is 2.93 bits per heavy atom. The first kappa shape index (κ1) is 19.0. The number of hydrogen-bond acceptors (Lipinski definition) is 5. The smallest absolute Gasteiger partial charge is 0.321 e. The highest BCUT2D eigenvalue weighted by Crippen LogP contribution is 2.49. The third kappa shape index (κ3) is 3.69. The number of aliphatic carboxylic acids is 1. The van der Waals surface area contributed by atoms with Crippen LogP contribution in [0.3, 0.4) is 0 Å². The zero-order valence-corrected chi connectivity index (χ0v) is 15.2. The van der Waals surface area contributed by atoms with Crippen LogP contribution in [-0.4, -0.2) is 55.4 Å². The molecule has 0 aromatic heterocycles. The molecule has 1 aromatic rings. The number of amides is 2. The van der Waals surface area contributed by atoms with E-state index in [0.717, 1.165) is 12.8 Å². The van der Waals surface area contributed by atoms with Gasteiger partial charge in [-0.15, -0.1) is 0 Å². The molecule has 0 radical (unpaired) electrons. The number of methoxy groups -OCH3 is 1. The molecule has 2 atom stereocenters. The highest BCUT2D eigenvalue weighted by molar-refractivity contribution is 5.92. The number of carboxylic acid groups (broad SMARTS) is 1. The first-order valence-electron chi connectivity index (χ1n) is 8.95. The van der Waals surface area contributed by atoms with Gasteiger partial charge in [0.15, 0.2) is 0 Å². The van der Waals surface area contributed by atoms with Gasteiger partial charge in [0.1, 0.15) is 12.4 Å². The predicted molar refractivity (Wildman–Crippen MR) is 96.5 cm³/mol. The number of rotatable bonds is 6. The minimum Gasteiger partial charge on any atom is -0.489 e. The number of likely N-dealkylation sites (tertiary alicyclic amines) is 1. The topological polar surface area (TPSA) is 112 Å². The number of nitriles is 1. The van der Waals surface area contributed by atoms with Gasteiger partial charge in [-0.25, -0.2) is 4.79 Å². The average Bonchev–Trinajstić information content (AvgIpc) is 3.21. The monoisotopic (exact) mass is 373 g/mol. The Balaban J connectivity index is 1.74. The van der Waals surface area contributed by atoms with Crippen molar-refractivity contribution in [3.63, 3.8) is 0 Å². The Bertz CT molecular complexity index is 775. The maximum Gasteiger partial charge on any atom is 0.321 e. The van der Waals surface area contributed by atoms with Crippen LogP contribution in [0.2, 0.25) is 0 Å². The molecular formula is C19H23N3O5. The standard InChI is InChI=1S/C19H23N3O5/c1-26-7-8-27-16-5-4-13(10-20)9-15(16)21-18(25)22-11-14-3-2-6-19(14,12-22)17(23)24/h4-5,9,14H,2-3,6-8,11-12H2,1H3,(H,21,25)(H,23,24)/t14-,19+/m0/s1. The molecule has 2 aliphatic rings. The molecule has 8 heteroatoms. The first-order valence-corrected chi connectivity index (χ1v) is 8.95. The fourth-order valence-corrected chi connectivity index (χ4v) is 4.05. The summed E-state index contributed by atoms with van der Waals surface area (Å²) in [6.45, 7) is 1.33. The van der Waals surface area contributed by atoms with Crippen molar-refractivity contribution in [2.75, 3.05) is 38.7 Å². The lowest BCUT2D eigenvalue weighted by Gasteiger charge is -2.23. The van der Waals surface area contributed by atoms with Crippen LogP contribution in [0.25, 0.3) is 0 Å². The molecule has 1 saturated heterocycles. The highest BCUT2D eigenvalue weighted by atomic mass is 16.5. The number of fused-ring (bicyclic) bond motifs is 1. The molecule has 3 rings (SSSR count). The van der Waals surface area contributed by atoms with Gasteiger partial charge in [-0.3, -0.25) is 4.79 Å². The largest absolute Gasteiger partial charge is 0.489 e. The van der Waals surface area contributed by atoms with Gasteiger partial charge in [-0.2, -0.15) is 5.26 Å². The van der Waals surface area contributed by atoms with E-state index in [9.17, 15) is 14.7 Å². The summed E-state index contributed by atoms with van der Waals surface area (Å²) in [5.74, 6) is -0.397. The quantitative estimate of drug-likeness (QED) is 0.740. The molecule has 2 amide bonds. The van der Waals surface area contributed by atoms with E-state index in [-0.39, 0.29) is 18.5 Å². The number of urea groups is 1. The van der Waals surface area contributed by atoms with Crippen LogP contribution in [0.5, 0.6) is 5.75 Å². The number of benzene rings is 1. The molecule has 8 nitrogen and oxygen atoms in total. The molecule has 144 valence electrons. The van der Waals surface area contributed by atoms with Crippen molar-refractivity contribution in [2.24, 2.45) is 11.3 Å². The number of anilines is 1. The van der Waals surface area contributed by atoms with Gasteiger partial charge in [-0.1, -0.05) is 6.42 Å². The molecule has 1 saturated carbocycles. The maximum atomic E-state index is 12.8. The summed E-state index contributed by atoms with van der Waals surface area (Å²) in [4.78, 5) is 26.1. The van der Waals surface area contributed by atoms with Gasteiger partial charge in [0, 0.05) is 20.2 Å². The third-order valence-electron chi connectivity index (χ3n) is 5.48. The van der Waals surface area contributed by atoms with Crippen molar-refractivity contribution < 1.29 is 24.2 Å². The zero-order chi connectivity index (χ0) is 19.4. The van der Waals surface area contributed by atoms with Crippen molar-refractivity contribution in [3.8, 4) is 11.8 Å². The van der Waals surface area contributed by atoms with Crippen LogP contribution in [0.4, 0.5) is 10.5 Å². The van der Waals surface area contributed by atoms with Crippen molar-refractivity contribution in [2.45, 2.75) is 19.3 Å². The van der Waals surface area contributed by atoms with Gasteiger partial charge in [-0.05, 0) is 37.0 Å². The van der Waals surface area contributed by atoms with Gasteiger partial charge in [0.05, 0.1) is 29.3 Å². The molecular weight excluding hydrogens is 350 g/mol. The zero-order valence-electron chi connectivity index (χ0n) is 15.2. The Morgan fingerprint density at radius 1 is 1.44 bits per heavy atom. The van der Waals surface area contributed by atoms with Crippen LogP contribution in [-0.2, 0) is 9.53 Å². The minimum atomic E-state index is -0.830. The van der Waals surface area contributed by atoms with Gasteiger partial charge >= 0.3 is 12.0 Å². The van der Waals surface area contributed by atoms with Crippen LogP contribution in [0.1, 0.15) is 24.8 Å². The summed E-state index contributed by atoms with van der Waals surface area (Å²) in [6, 6.07) is 6.44. The van der Waals surface area contributed by atoms with Crippen molar-refractivity contribution in [1.29, 1.82) is 5.26 Å². The van der Waals surface area contributed by atoms with E-state index < -0.39 is 11.4 Å². The average molecular weight is 373 g/mol. The second-order valence-corrected chi connectivity index (χ2v) is 7.03. The number of carboxylic acids is 1. The molecule has 0 spiro atoms. The van der Waals surface area contributed by atoms with Crippen LogP contribution in [0.15, 0.2) is 18.2 Å². The summed E-state index contributed by atoms with van der Waals surface area (Å²) in [5, 5.41) is 21.6. The van der Waals surface area contributed by atoms with Crippen molar-refractivity contribution in [1.82, 2.24) is 4.90 Å². The molecule has 1 heterocycles. The van der Waals surface area contributed by atoms with E-state index in [4.69, 9.17) is 14.7 Å². The second kappa shape index (κ2) is 7.84. The molecule has 0 bridgehead atoms. The van der Waals surface area contributed by atoms with E-state index >= 15 is 0 Å². The summed E-state index contributed by atoms with van der Waals surface area (Å²) >= 11 is 0. The fraction of sp³-hybridized carbons (Fsp3) is 0.526. The van der Waals surface area contributed by atoms with E-state index in [2.05, 4.69) is 5.32 Å². The lowest BCUT2D eigenvalue weighted by molar-refractivity contribution is -0.149. The van der Waals surface area contributed by atoms with Crippen molar-refractivity contribution >= 4 is 17.7 Å². The number of carbonyl (C=O) groups excluding carboxylic acids is 1. The summed E-state index contributed by atoms with van der Waals surface area (Å²) in [5.41, 5.74) is -0.0508. The normalized spacial score (nSPS) is 23.6. The third-order valence-corrected chi connectivity index (χ3v) is 5.48. The summed E-state index contributed by atoms with van der Waals surface area (Å²) < 4.78 is 10.6. The molecule has 1 aromatic carbocycles. The lowest BCUT2D eigenvalue weighted by Crippen LogP contribution is -2.38. The van der Waals surface area contributed by atoms with Gasteiger partial charge in [0.25, 0.3) is 0 Å². The summed E-state index contributed by atoms with van der Waals surface area (Å²) in [6.07, 6.45) is 2.31. The van der Waals surface area contributed by atoms with E-state index in [1.165, 1.54) is 0 Å². The number of hydrogen-bond donors (Lipinski definition) is 2. The Labute approximate surface area is 157 Å². The number of nitrogens with one attached hydrogen (secondary N) is 1. The molecule has 2 fully saturated rings. The molecule has 27 heavy (non-hydrogen) atoms. The number of nitrogens with zero attached hydrogens (tertiary/aromatic N) is 2. The Hall–Kier alpha value is -2.79. The van der Waals surface area contributed by atoms with Crippen LogP contribution >= 0.6 is 0 Å². The Morgan fingerprint density at radius 2 is 2.26 bits per heavy atom. The molecule has 2 N–H and O–H groups in total. The van der Waals surface area contributed by atoms with E-state index in [1.807, 2.05) is 6.07 Å². The first-order chi connectivity index (χ1) is 13.0. The maximum absolute atomic E-state index is 12.8. The molecule has 0 unspecified atom stereocenters. The number of carbonyl (C=O) groups is 2. The highest BCUT2D eigenvalue weighted by Gasteiger charge is 2.55. The van der Waals surface area contributed by atoms with E-state index in [0.29, 0.717) is 43.2 Å². The van der Waals surface area contributed by atoms with Gasteiger partial charge < -0.3 is 24.8 Å². The second-order valence-electron chi connectivity index (χ2n) is 7.03. The van der Waals surface area contributed by atoms with Crippen LogP contribution < -0.4 is 10.1 Å². The van der Waals surface area contributed by atoms with E-state index in [1.54, 1.807) is 30.2 Å². The fourth-order valence-electron chi connectivity index (χ4n) is 4.05. The van der Waals surface area contributed by atoms with Gasteiger partial charge in [0.2, 0.25) is 0 Å². The number of ether oxygens (including phenoxy) is 2. The molecule has 1 aliphatic carbocycles. The lowest BCUT2D eigenvalue weighted by atomic mass is 9.81. The van der Waals surface area contributed by atoms with Crippen LogP contribution in [0, 0.1) is 22.7 Å². The molecule has 1 aliphatic heterocycles.